The van der Waals surface area contributed by atoms with E-state index in [0.717, 1.165) is 67.8 Å². The highest BCUT2D eigenvalue weighted by molar-refractivity contribution is 8.03. The highest BCUT2D eigenvalue weighted by Crippen LogP contribution is 2.43. The third-order valence-corrected chi connectivity index (χ3v) is 23.8. The Balaban J connectivity index is 0.000000128. The number of likely N-dealkylation sites (N-methyl/N-ethyl adjacent to an activating group) is 1. The number of thiophene rings is 5. The van der Waals surface area contributed by atoms with Gasteiger partial charge in [-0.2, -0.15) is 5.26 Å². The van der Waals surface area contributed by atoms with Gasteiger partial charge >= 0.3 is 11.9 Å². The lowest BCUT2D eigenvalue weighted by atomic mass is 10.2. The van der Waals surface area contributed by atoms with Crippen molar-refractivity contribution in [3.63, 3.8) is 0 Å². The predicted octanol–water partition coefficient (Wildman–Crippen LogP) is 18.0. The number of carbonyl (C=O) groups is 3. The molecule has 0 unspecified atom stereocenters. The molecule has 4 N–H and O–H groups in total. The van der Waals surface area contributed by atoms with Crippen molar-refractivity contribution in [1.82, 2.24) is 43.0 Å². The first-order valence-electron chi connectivity index (χ1n) is 27.8. The van der Waals surface area contributed by atoms with E-state index in [1.807, 2.05) is 183 Å². The van der Waals surface area contributed by atoms with Gasteiger partial charge in [-0.05, 0) is 156 Å². The Hall–Kier alpha value is -6.84. The number of thiocyanates is 1. The number of nitrogens with zero attached hydrogens (tertiary/aromatic N) is 7. The number of Topliss-reactive ketones (excluding diaryl/α,β-unsaturated/α-hetero) is 1. The van der Waals surface area contributed by atoms with Gasteiger partial charge in [-0.1, -0.05) is 77.0 Å². The molecule has 0 radical (unpaired) electrons. The number of aliphatic carboxylic acids is 1. The third kappa shape index (κ3) is 21.1. The van der Waals surface area contributed by atoms with Crippen molar-refractivity contribution in [1.29, 1.82) is 5.26 Å². The smallest absolute Gasteiger partial charge is 0.325 e. The largest absolute Gasteiger partial charge is 0.480 e. The number of fused-ring (bicyclic) bond motifs is 4. The summed E-state index contributed by atoms with van der Waals surface area (Å²) in [5.74, 6) is -0.806. The number of ketones is 1. The van der Waals surface area contributed by atoms with Gasteiger partial charge in [-0.25, -0.2) is 0 Å². The van der Waals surface area contributed by atoms with Gasteiger partial charge in [-0.15, -0.1) is 56.7 Å². The van der Waals surface area contributed by atoms with Crippen molar-refractivity contribution in [3.05, 3.63) is 221 Å². The molecule has 3 aliphatic rings. The molecule has 90 heavy (non-hydrogen) atoms. The fourth-order valence-corrected chi connectivity index (χ4v) is 18.3. The molecule has 3 aliphatic heterocycles. The Morgan fingerprint density at radius 3 is 1.73 bits per heavy atom. The summed E-state index contributed by atoms with van der Waals surface area (Å²) in [6.07, 6.45) is 17.6. The van der Waals surface area contributed by atoms with Crippen molar-refractivity contribution in [2.45, 2.75) is 77.8 Å². The zero-order valence-corrected chi connectivity index (χ0v) is 57.6. The molecule has 0 saturated carbocycles. The second-order valence-electron chi connectivity index (χ2n) is 18.8. The molecule has 0 aliphatic carbocycles. The van der Waals surface area contributed by atoms with E-state index in [1.165, 1.54) is 38.1 Å². The van der Waals surface area contributed by atoms with E-state index in [-0.39, 0.29) is 24.8 Å². The van der Waals surface area contributed by atoms with Crippen LogP contribution >= 0.6 is 127 Å². The molecule has 0 spiro atoms. The monoisotopic (exact) mass is 1400 g/mol. The van der Waals surface area contributed by atoms with E-state index in [1.54, 1.807) is 109 Å². The average molecular weight is 1400 g/mol. The molecular weight excluding hydrogens is 1340 g/mol. The summed E-state index contributed by atoms with van der Waals surface area (Å²) in [7, 11) is 2.20. The Bertz CT molecular complexity index is 4000. The summed E-state index contributed by atoms with van der Waals surface area (Å²) in [6, 6.07) is 44.2. The number of aromatic amines is 3. The lowest BCUT2D eigenvalue weighted by Gasteiger charge is -2.35. The number of H-pyrrole nitrogens is 3. The van der Waals surface area contributed by atoms with E-state index < -0.39 is 5.97 Å². The summed E-state index contributed by atoms with van der Waals surface area (Å²) >= 11 is 18.3. The maximum absolute atomic E-state index is 11.8. The third-order valence-electron chi connectivity index (χ3n) is 12.6. The molecule has 1 saturated heterocycles. The van der Waals surface area contributed by atoms with Gasteiger partial charge in [0.05, 0.1) is 70.1 Å². The first kappa shape index (κ1) is 67.6. The van der Waals surface area contributed by atoms with Gasteiger partial charge in [0.15, 0.2) is 5.78 Å². The van der Waals surface area contributed by atoms with Crippen LogP contribution in [0.25, 0.3) is 11.9 Å². The maximum atomic E-state index is 11.8. The minimum absolute atomic E-state index is 0.0146. The zero-order valence-electron chi connectivity index (χ0n) is 48.6. The number of nitriles is 1. The fourth-order valence-electron chi connectivity index (χ4n) is 8.36. The molecule has 0 amide bonds. The van der Waals surface area contributed by atoms with Gasteiger partial charge in [0.1, 0.15) is 18.5 Å². The fraction of sp³-hybridized carbons (Fsp3) is 0.156. The van der Waals surface area contributed by atoms with Crippen molar-refractivity contribution >= 4 is 157 Å². The van der Waals surface area contributed by atoms with Crippen LogP contribution in [0.15, 0.2) is 261 Å². The summed E-state index contributed by atoms with van der Waals surface area (Å²) in [4.78, 5) is 47.6. The van der Waals surface area contributed by atoms with Gasteiger partial charge < -0.3 is 52.9 Å². The second kappa shape index (κ2) is 36.3. The number of carbonyl (C=O) groups excluding carboxylic acids is 2. The minimum atomic E-state index is -0.820. The van der Waals surface area contributed by atoms with Crippen LogP contribution in [0.3, 0.4) is 0 Å². The average Bonchev–Trinajstić information content (AvgIpc) is 2.17. The lowest BCUT2D eigenvalue weighted by molar-refractivity contribution is -0.144. The van der Waals surface area contributed by atoms with Crippen molar-refractivity contribution in [3.8, 4) is 5.40 Å². The summed E-state index contributed by atoms with van der Waals surface area (Å²) in [5, 5.41) is 35.7. The number of hydrogen-bond donors (Lipinski definition) is 4. The molecule has 15 nitrogen and oxygen atoms in total. The SMILES string of the molecule is CCOC(=O)Cn1cccc1Sc1cccs1.CN1CCN(C2=Cn3cccc3Sc3sccc32)CC1.N#CSc1ccc[nH]1.O=C(O)Cn1cccc1Sc1cccs1.O=C1Cn2cccc2Sc2sccc21.c1c[nH]c(Sc2cccs2)c1.c1cc[nH]c1. The molecule has 0 atom stereocenters. The van der Waals surface area contributed by atoms with Gasteiger partial charge in [0.2, 0.25) is 0 Å². The van der Waals surface area contributed by atoms with E-state index in [2.05, 4.69) is 102 Å². The Kier molecular flexibility index (Phi) is 27.2. The first-order valence-corrected chi connectivity index (χ1v) is 37.1. The summed E-state index contributed by atoms with van der Waals surface area (Å²) < 4.78 is 19.1. The minimum Gasteiger partial charge on any atom is -0.480 e. The van der Waals surface area contributed by atoms with Crippen LogP contribution in [-0.4, -0.2) is 106 Å². The summed E-state index contributed by atoms with van der Waals surface area (Å²) in [5.41, 5.74) is 3.65. The molecule has 26 heteroatoms. The van der Waals surface area contributed by atoms with Gasteiger partial charge in [0.25, 0.3) is 0 Å². The number of esters is 1. The van der Waals surface area contributed by atoms with E-state index in [9.17, 15) is 14.4 Å². The summed E-state index contributed by atoms with van der Waals surface area (Å²) in [6.45, 7) is 7.50. The van der Waals surface area contributed by atoms with Crippen LogP contribution in [-0.2, 0) is 34.0 Å². The van der Waals surface area contributed by atoms with Crippen molar-refractivity contribution < 1.29 is 24.2 Å². The van der Waals surface area contributed by atoms with Crippen LogP contribution in [0.1, 0.15) is 22.8 Å². The Morgan fingerprint density at radius 2 is 1.17 bits per heavy atom. The van der Waals surface area contributed by atoms with Crippen LogP contribution in [0.2, 0.25) is 0 Å². The normalized spacial score (nSPS) is 12.7. The molecule has 12 aromatic heterocycles. The van der Waals surface area contributed by atoms with E-state index >= 15 is 0 Å². The van der Waals surface area contributed by atoms with Gasteiger partial charge in [0, 0.05) is 105 Å². The van der Waals surface area contributed by atoms with E-state index in [4.69, 9.17) is 15.1 Å². The predicted molar refractivity (Wildman–Crippen MR) is 376 cm³/mol. The quantitative estimate of drug-likeness (QED) is 0.0487. The molecule has 15 rings (SSSR count). The molecule has 0 aromatic carbocycles. The highest BCUT2D eigenvalue weighted by Gasteiger charge is 2.24. The molecule has 464 valence electrons. The van der Waals surface area contributed by atoms with E-state index in [0.29, 0.717) is 13.2 Å². The molecule has 0 bridgehead atoms. The Labute approximate surface area is 568 Å². The van der Waals surface area contributed by atoms with Gasteiger partial charge in [-0.3, -0.25) is 14.4 Å². The second-order valence-corrected chi connectivity index (χ2v) is 30.9. The number of aromatic nitrogens is 7. The van der Waals surface area contributed by atoms with Crippen LogP contribution in [0, 0.1) is 10.7 Å². The lowest BCUT2D eigenvalue weighted by Crippen LogP contribution is -2.43. The number of carboxylic acid groups (broad SMARTS) is 1. The van der Waals surface area contributed by atoms with Crippen molar-refractivity contribution in [2.75, 3.05) is 39.8 Å². The molecule has 1 fully saturated rings. The molecule has 12 aromatic rings. The molecule has 15 heterocycles. The number of thioether (sulfide) groups is 1. The number of ether oxygens (including phenoxy) is 1. The topological polar surface area (TPSA) is 178 Å². The number of nitrogens with one attached hydrogen (secondary N) is 3. The number of piperazine rings is 1. The van der Waals surface area contributed by atoms with Crippen LogP contribution in [0.5, 0.6) is 0 Å². The zero-order chi connectivity index (χ0) is 62.7. The highest BCUT2D eigenvalue weighted by atomic mass is 32.2. The standard InChI is InChI=1S/C15H17N3S2.C12H13NO2S2.C10H9NO2S2.C10H7NOS2.C8H7NS2.C5H4N2S.C4H5N/c1-16-6-8-17(9-7-16)13-11-18-5-2-3-14(18)20-15-12(13)4-10-19-15;1-2-15-11(14)9-13-7-3-5-10(13)17-12-6-4-8-16-12;12-9(13)7-11-5-1-3-8(11)15-10-4-2-6-14-10;12-8-6-11-4-1-2-9(11)14-10-7(8)3-5-13-10;1-3-7(9-5-1)11-8-4-2-6-10-8;6-4-8-5-2-1-3-7-5;1-2-4-5-3-1/h2-5,10-11H,6-9H2,1H3;3-8H,2,9H2,1H3;1-6H,7H2,(H,12,13);1-5H,6H2;1-6,9H;1-3,7H;1-5H. The van der Waals surface area contributed by atoms with Crippen molar-refractivity contribution in [2.24, 2.45) is 0 Å². The maximum Gasteiger partial charge on any atom is 0.325 e. The number of hydrogen-bond acceptors (Lipinski definition) is 18. The Morgan fingerprint density at radius 1 is 0.600 bits per heavy atom. The number of rotatable bonds is 13. The molecular formula is C64H62N10O5S11. The number of carboxylic acids is 1. The first-order chi connectivity index (χ1) is 44.1. The van der Waals surface area contributed by atoms with Crippen LogP contribution < -0.4 is 0 Å². The van der Waals surface area contributed by atoms with Crippen LogP contribution in [0.4, 0.5) is 0 Å².